The third-order valence-electron chi connectivity index (χ3n) is 9.02. The molecule has 2 aliphatic heterocycles. The Labute approximate surface area is 274 Å². The zero-order chi connectivity index (χ0) is 32.1. The lowest BCUT2D eigenvalue weighted by Gasteiger charge is -2.44. The standard InChI is InChI=1S/C35H39Cl2N3O5/c1-23(41)39-16-13-25(14-17-39)34(42)40-18-15-32(29(21-40)26-9-11-30(36)31(37)19-26)38(2)35(43)28-20-27(10-12-33(28)44-3)45-22-24-7-5-4-6-8-24/h4-12,19-20,25,29,32H,13-18,21-22H2,1-3H3/t29-,32+/m0/s1. The zero-order valence-corrected chi connectivity index (χ0v) is 27.4. The smallest absolute Gasteiger partial charge is 0.257 e. The van der Waals surface area contributed by atoms with Crippen molar-refractivity contribution in [1.29, 1.82) is 0 Å². The summed E-state index contributed by atoms with van der Waals surface area (Å²) in [6.45, 7) is 4.07. The minimum absolute atomic E-state index is 0.0408. The number of hydrogen-bond donors (Lipinski definition) is 0. The van der Waals surface area contributed by atoms with E-state index >= 15 is 0 Å². The molecule has 0 aromatic heterocycles. The summed E-state index contributed by atoms with van der Waals surface area (Å²) in [6.07, 6.45) is 1.88. The maximum absolute atomic E-state index is 14.1. The third-order valence-corrected chi connectivity index (χ3v) is 9.76. The van der Waals surface area contributed by atoms with E-state index in [1.807, 2.05) is 47.4 Å². The molecule has 0 N–H and O–H groups in total. The second kappa shape index (κ2) is 14.6. The highest BCUT2D eigenvalue weighted by Gasteiger charge is 2.39. The molecular weight excluding hydrogens is 613 g/mol. The van der Waals surface area contributed by atoms with Gasteiger partial charge in [-0.15, -0.1) is 0 Å². The van der Waals surface area contributed by atoms with E-state index in [1.54, 1.807) is 55.1 Å². The molecule has 0 spiro atoms. The quantitative estimate of drug-likeness (QED) is 0.286. The van der Waals surface area contributed by atoms with Gasteiger partial charge in [-0.2, -0.15) is 0 Å². The van der Waals surface area contributed by atoms with Crippen LogP contribution in [0.1, 0.15) is 53.6 Å². The number of benzene rings is 3. The van der Waals surface area contributed by atoms with Gasteiger partial charge in [-0.05, 0) is 60.7 Å². The lowest BCUT2D eigenvalue weighted by atomic mass is 9.83. The van der Waals surface area contributed by atoms with Gasteiger partial charge in [0.2, 0.25) is 11.8 Å². The number of methoxy groups -OCH3 is 1. The van der Waals surface area contributed by atoms with Gasteiger partial charge >= 0.3 is 0 Å². The maximum Gasteiger partial charge on any atom is 0.257 e. The molecule has 45 heavy (non-hydrogen) atoms. The SMILES string of the molecule is COc1ccc(OCc2ccccc2)cc1C(=O)N(C)[C@@H]1CCN(C(=O)C2CCN(C(C)=O)CC2)C[C@H]1c1ccc(Cl)c(Cl)c1. The lowest BCUT2D eigenvalue weighted by molar-refractivity contribution is -0.141. The minimum Gasteiger partial charge on any atom is -0.496 e. The molecule has 2 atom stereocenters. The minimum atomic E-state index is -0.225. The van der Waals surface area contributed by atoms with E-state index in [9.17, 15) is 14.4 Å². The van der Waals surface area contributed by atoms with Crippen molar-refractivity contribution in [2.24, 2.45) is 5.92 Å². The Morgan fingerprint density at radius 1 is 0.889 bits per heavy atom. The van der Waals surface area contributed by atoms with Crippen LogP contribution in [-0.2, 0) is 16.2 Å². The summed E-state index contributed by atoms with van der Waals surface area (Å²) >= 11 is 12.7. The van der Waals surface area contributed by atoms with Crippen LogP contribution in [0.25, 0.3) is 0 Å². The van der Waals surface area contributed by atoms with Gasteiger partial charge in [-0.25, -0.2) is 0 Å². The van der Waals surface area contributed by atoms with Crippen LogP contribution in [0.2, 0.25) is 10.0 Å². The molecule has 0 aliphatic carbocycles. The Kier molecular flexibility index (Phi) is 10.6. The number of likely N-dealkylation sites (N-methyl/N-ethyl adjacent to an activating group) is 1. The number of halogens is 2. The summed E-state index contributed by atoms with van der Waals surface area (Å²) in [7, 11) is 3.34. The molecule has 0 saturated carbocycles. The molecule has 0 radical (unpaired) electrons. The first-order valence-electron chi connectivity index (χ1n) is 15.3. The number of carbonyl (C=O) groups is 3. The van der Waals surface area contributed by atoms with E-state index in [0.717, 1.165) is 11.1 Å². The Hall–Kier alpha value is -3.75. The molecule has 0 unspecified atom stereocenters. The van der Waals surface area contributed by atoms with Crippen molar-refractivity contribution < 1.29 is 23.9 Å². The number of likely N-dealkylation sites (tertiary alicyclic amines) is 2. The first-order valence-corrected chi connectivity index (χ1v) is 16.0. The van der Waals surface area contributed by atoms with Gasteiger partial charge in [0.15, 0.2) is 0 Å². The number of nitrogens with zero attached hydrogens (tertiary/aromatic N) is 3. The van der Waals surface area contributed by atoms with E-state index in [1.165, 1.54) is 0 Å². The normalized spacial score (nSPS) is 18.8. The number of hydrogen-bond acceptors (Lipinski definition) is 5. The van der Waals surface area contributed by atoms with Crippen LogP contribution in [0, 0.1) is 5.92 Å². The summed E-state index contributed by atoms with van der Waals surface area (Å²) in [5.41, 5.74) is 2.33. The molecule has 0 bridgehead atoms. The lowest BCUT2D eigenvalue weighted by Crippen LogP contribution is -2.53. The summed E-state index contributed by atoms with van der Waals surface area (Å²) in [4.78, 5) is 45.1. The van der Waals surface area contributed by atoms with Crippen molar-refractivity contribution in [2.75, 3.05) is 40.3 Å². The van der Waals surface area contributed by atoms with Crippen LogP contribution < -0.4 is 9.47 Å². The molecule has 10 heteroatoms. The first kappa shape index (κ1) is 32.6. The van der Waals surface area contributed by atoms with Crippen molar-refractivity contribution in [3.8, 4) is 11.5 Å². The third kappa shape index (κ3) is 7.56. The van der Waals surface area contributed by atoms with Crippen LogP contribution in [0.4, 0.5) is 0 Å². The number of rotatable bonds is 8. The Morgan fingerprint density at radius 2 is 1.60 bits per heavy atom. The van der Waals surface area contributed by atoms with Gasteiger partial charge in [-0.3, -0.25) is 14.4 Å². The number of ether oxygens (including phenoxy) is 2. The molecule has 2 aliphatic rings. The van der Waals surface area contributed by atoms with Gasteiger partial charge in [0.1, 0.15) is 18.1 Å². The van der Waals surface area contributed by atoms with E-state index in [0.29, 0.717) is 79.2 Å². The summed E-state index contributed by atoms with van der Waals surface area (Å²) < 4.78 is 11.6. The summed E-state index contributed by atoms with van der Waals surface area (Å²) in [6, 6.07) is 20.4. The largest absolute Gasteiger partial charge is 0.496 e. The van der Waals surface area contributed by atoms with Crippen molar-refractivity contribution >= 4 is 40.9 Å². The van der Waals surface area contributed by atoms with Gasteiger partial charge < -0.3 is 24.2 Å². The summed E-state index contributed by atoms with van der Waals surface area (Å²) in [5.74, 6) is 0.618. The fourth-order valence-corrected chi connectivity index (χ4v) is 6.71. The van der Waals surface area contributed by atoms with E-state index in [2.05, 4.69) is 0 Å². The topological polar surface area (TPSA) is 79.4 Å². The van der Waals surface area contributed by atoms with Crippen LogP contribution >= 0.6 is 23.2 Å². The van der Waals surface area contributed by atoms with Crippen LogP contribution in [-0.4, -0.2) is 78.8 Å². The molecule has 3 amide bonds. The molecule has 3 aromatic carbocycles. The number of piperidine rings is 2. The molecule has 8 nitrogen and oxygen atoms in total. The fraction of sp³-hybridized carbons (Fsp3) is 0.400. The maximum atomic E-state index is 14.1. The van der Waals surface area contributed by atoms with Crippen molar-refractivity contribution in [2.45, 2.75) is 44.8 Å². The van der Waals surface area contributed by atoms with Crippen molar-refractivity contribution in [1.82, 2.24) is 14.7 Å². The highest BCUT2D eigenvalue weighted by atomic mass is 35.5. The van der Waals surface area contributed by atoms with Crippen molar-refractivity contribution in [3.63, 3.8) is 0 Å². The Bertz CT molecular complexity index is 1530. The van der Waals surface area contributed by atoms with E-state index < -0.39 is 0 Å². The van der Waals surface area contributed by atoms with Gasteiger partial charge in [0.05, 0.1) is 22.7 Å². The van der Waals surface area contributed by atoms with Crippen molar-refractivity contribution in [3.05, 3.63) is 93.5 Å². The molecule has 2 saturated heterocycles. The predicted octanol–water partition coefficient (Wildman–Crippen LogP) is 6.30. The monoisotopic (exact) mass is 651 g/mol. The first-order chi connectivity index (χ1) is 21.7. The van der Waals surface area contributed by atoms with Gasteiger partial charge in [-0.1, -0.05) is 59.6 Å². The Balaban J connectivity index is 1.37. The Morgan fingerprint density at radius 3 is 2.27 bits per heavy atom. The van der Waals surface area contributed by atoms with Gasteiger partial charge in [0, 0.05) is 58.0 Å². The second-order valence-corrected chi connectivity index (χ2v) is 12.6. The number of amides is 3. The highest BCUT2D eigenvalue weighted by molar-refractivity contribution is 6.42. The number of carbonyl (C=O) groups excluding carboxylic acids is 3. The van der Waals surface area contributed by atoms with Crippen LogP contribution in [0.3, 0.4) is 0 Å². The predicted molar refractivity (Wildman–Crippen MR) is 175 cm³/mol. The molecule has 2 heterocycles. The van der Waals surface area contributed by atoms with E-state index in [-0.39, 0.29) is 35.6 Å². The molecular formula is C35H39Cl2N3O5. The van der Waals surface area contributed by atoms with Crippen LogP contribution in [0.5, 0.6) is 11.5 Å². The average Bonchev–Trinajstić information content (AvgIpc) is 3.07. The molecule has 3 aromatic rings. The van der Waals surface area contributed by atoms with Gasteiger partial charge in [0.25, 0.3) is 5.91 Å². The second-order valence-electron chi connectivity index (χ2n) is 11.8. The molecule has 2 fully saturated rings. The zero-order valence-electron chi connectivity index (χ0n) is 25.9. The fourth-order valence-electron chi connectivity index (χ4n) is 6.40. The van der Waals surface area contributed by atoms with Crippen LogP contribution in [0.15, 0.2) is 66.7 Å². The highest BCUT2D eigenvalue weighted by Crippen LogP contribution is 2.36. The summed E-state index contributed by atoms with van der Waals surface area (Å²) in [5, 5.41) is 0.867. The van der Waals surface area contributed by atoms with E-state index in [4.69, 9.17) is 32.7 Å². The average molecular weight is 653 g/mol. The molecule has 5 rings (SSSR count). The molecule has 238 valence electrons.